The van der Waals surface area contributed by atoms with Crippen LogP contribution in [0.3, 0.4) is 0 Å². The van der Waals surface area contributed by atoms with E-state index in [4.69, 9.17) is 5.26 Å². The van der Waals surface area contributed by atoms with Crippen LogP contribution in [-0.2, 0) is 0 Å². The van der Waals surface area contributed by atoms with Gasteiger partial charge in [-0.05, 0) is 37.6 Å². The van der Waals surface area contributed by atoms with Crippen molar-refractivity contribution in [3.05, 3.63) is 29.3 Å². The average molecular weight is 215 g/mol. The summed E-state index contributed by atoms with van der Waals surface area (Å²) in [4.78, 5) is 2.31. The van der Waals surface area contributed by atoms with Crippen LogP contribution < -0.4 is 10.2 Å². The predicted octanol–water partition coefficient (Wildman–Crippen LogP) is 1.67. The van der Waals surface area contributed by atoms with E-state index in [2.05, 4.69) is 29.3 Å². The molecule has 1 saturated heterocycles. The largest absolute Gasteiger partial charge is 0.369 e. The standard InChI is InChI=1S/C13H17N3/c1-11-3-4-12(10-14)13(9-11)16-7-2-5-15-6-8-16/h3-4,9,15H,2,5-8H2,1H3. The summed E-state index contributed by atoms with van der Waals surface area (Å²) in [7, 11) is 0. The Kier molecular flexibility index (Phi) is 3.43. The van der Waals surface area contributed by atoms with Gasteiger partial charge < -0.3 is 10.2 Å². The summed E-state index contributed by atoms with van der Waals surface area (Å²) in [5.74, 6) is 0. The van der Waals surface area contributed by atoms with Crippen molar-refractivity contribution in [3.63, 3.8) is 0 Å². The monoisotopic (exact) mass is 215 g/mol. The molecule has 0 aromatic heterocycles. The fourth-order valence-electron chi connectivity index (χ4n) is 2.08. The third-order valence-electron chi connectivity index (χ3n) is 2.95. The van der Waals surface area contributed by atoms with Crippen molar-refractivity contribution in [2.45, 2.75) is 13.3 Å². The quantitative estimate of drug-likeness (QED) is 0.774. The van der Waals surface area contributed by atoms with Crippen molar-refractivity contribution >= 4 is 5.69 Å². The van der Waals surface area contributed by atoms with Crippen LogP contribution in [0.2, 0.25) is 0 Å². The third kappa shape index (κ3) is 2.34. The number of nitrogens with one attached hydrogen (secondary N) is 1. The molecule has 1 aromatic carbocycles. The highest BCUT2D eigenvalue weighted by molar-refractivity contribution is 5.60. The lowest BCUT2D eigenvalue weighted by Crippen LogP contribution is -2.28. The van der Waals surface area contributed by atoms with Gasteiger partial charge in [-0.1, -0.05) is 6.07 Å². The van der Waals surface area contributed by atoms with Gasteiger partial charge in [0.15, 0.2) is 0 Å². The number of aryl methyl sites for hydroxylation is 1. The summed E-state index contributed by atoms with van der Waals surface area (Å²) in [6.07, 6.45) is 1.14. The zero-order valence-electron chi connectivity index (χ0n) is 9.66. The van der Waals surface area contributed by atoms with Gasteiger partial charge in [0.25, 0.3) is 0 Å². The van der Waals surface area contributed by atoms with E-state index in [9.17, 15) is 0 Å². The van der Waals surface area contributed by atoms with Crippen LogP contribution in [0.25, 0.3) is 0 Å². The van der Waals surface area contributed by atoms with E-state index < -0.39 is 0 Å². The molecule has 1 heterocycles. The molecule has 3 nitrogen and oxygen atoms in total. The first-order chi connectivity index (χ1) is 7.81. The van der Waals surface area contributed by atoms with Gasteiger partial charge in [-0.3, -0.25) is 0 Å². The van der Waals surface area contributed by atoms with Crippen LogP contribution in [0.4, 0.5) is 5.69 Å². The molecule has 0 radical (unpaired) electrons. The summed E-state index contributed by atoms with van der Waals surface area (Å²) in [5, 5.41) is 12.5. The maximum Gasteiger partial charge on any atom is 0.101 e. The number of hydrogen-bond donors (Lipinski definition) is 1. The molecule has 0 atom stereocenters. The van der Waals surface area contributed by atoms with Crippen LogP contribution in [0.1, 0.15) is 17.5 Å². The van der Waals surface area contributed by atoms with Gasteiger partial charge in [0.2, 0.25) is 0 Å². The molecule has 0 spiro atoms. The number of nitriles is 1. The van der Waals surface area contributed by atoms with Crippen molar-refractivity contribution in [1.82, 2.24) is 5.32 Å². The topological polar surface area (TPSA) is 39.1 Å². The second-order valence-electron chi connectivity index (χ2n) is 4.22. The Balaban J connectivity index is 2.30. The molecule has 1 aliphatic rings. The van der Waals surface area contributed by atoms with Gasteiger partial charge in [-0.25, -0.2) is 0 Å². The summed E-state index contributed by atoms with van der Waals surface area (Å²) in [6.45, 7) is 6.16. The molecule has 0 unspecified atom stereocenters. The maximum absolute atomic E-state index is 9.12. The predicted molar refractivity (Wildman–Crippen MR) is 65.6 cm³/mol. The van der Waals surface area contributed by atoms with Crippen LogP contribution in [0, 0.1) is 18.3 Å². The number of nitrogens with zero attached hydrogens (tertiary/aromatic N) is 2. The van der Waals surface area contributed by atoms with E-state index >= 15 is 0 Å². The molecule has 1 aliphatic heterocycles. The molecule has 2 rings (SSSR count). The van der Waals surface area contributed by atoms with Crippen LogP contribution >= 0.6 is 0 Å². The minimum Gasteiger partial charge on any atom is -0.369 e. The first-order valence-corrected chi connectivity index (χ1v) is 5.77. The lowest BCUT2D eigenvalue weighted by molar-refractivity contribution is 0.724. The Morgan fingerprint density at radius 3 is 3.00 bits per heavy atom. The second-order valence-corrected chi connectivity index (χ2v) is 4.22. The van der Waals surface area contributed by atoms with Gasteiger partial charge in [0.1, 0.15) is 6.07 Å². The number of anilines is 1. The highest BCUT2D eigenvalue weighted by atomic mass is 15.2. The molecule has 0 bridgehead atoms. The minimum absolute atomic E-state index is 0.785. The SMILES string of the molecule is Cc1ccc(C#N)c(N2CCCNCC2)c1. The van der Waals surface area contributed by atoms with Crippen molar-refractivity contribution in [3.8, 4) is 6.07 Å². The smallest absolute Gasteiger partial charge is 0.101 e. The lowest BCUT2D eigenvalue weighted by Gasteiger charge is -2.23. The number of benzene rings is 1. The first kappa shape index (κ1) is 11.0. The Labute approximate surface area is 96.7 Å². The van der Waals surface area contributed by atoms with Crippen molar-refractivity contribution < 1.29 is 0 Å². The molecule has 84 valence electrons. The summed E-state index contributed by atoms with van der Waals surface area (Å²) < 4.78 is 0. The molecule has 1 aromatic rings. The van der Waals surface area contributed by atoms with Gasteiger partial charge in [-0.15, -0.1) is 0 Å². The van der Waals surface area contributed by atoms with Crippen LogP contribution in [-0.4, -0.2) is 26.2 Å². The van der Waals surface area contributed by atoms with E-state index in [0.717, 1.165) is 43.9 Å². The lowest BCUT2D eigenvalue weighted by atomic mass is 10.1. The average Bonchev–Trinajstić information content (AvgIpc) is 2.57. The zero-order chi connectivity index (χ0) is 11.4. The summed E-state index contributed by atoms with van der Waals surface area (Å²) in [5.41, 5.74) is 3.09. The van der Waals surface area contributed by atoms with Crippen LogP contribution in [0.5, 0.6) is 0 Å². The van der Waals surface area contributed by atoms with E-state index in [1.165, 1.54) is 5.56 Å². The molecule has 16 heavy (non-hydrogen) atoms. The third-order valence-corrected chi connectivity index (χ3v) is 2.95. The molecule has 1 N–H and O–H groups in total. The Hall–Kier alpha value is -1.53. The molecular formula is C13H17N3. The van der Waals surface area contributed by atoms with Gasteiger partial charge in [0.05, 0.1) is 11.3 Å². The number of hydrogen-bond acceptors (Lipinski definition) is 3. The van der Waals surface area contributed by atoms with Crippen LogP contribution in [0.15, 0.2) is 18.2 Å². The van der Waals surface area contributed by atoms with E-state index in [1.807, 2.05) is 12.1 Å². The summed E-state index contributed by atoms with van der Waals surface area (Å²) in [6, 6.07) is 8.31. The fourth-order valence-corrected chi connectivity index (χ4v) is 2.08. The van der Waals surface area contributed by atoms with Gasteiger partial charge in [0, 0.05) is 19.6 Å². The maximum atomic E-state index is 9.12. The highest BCUT2D eigenvalue weighted by Gasteiger charge is 2.13. The molecular weight excluding hydrogens is 198 g/mol. The minimum atomic E-state index is 0.785. The van der Waals surface area contributed by atoms with Gasteiger partial charge >= 0.3 is 0 Å². The second kappa shape index (κ2) is 5.00. The van der Waals surface area contributed by atoms with Crippen molar-refractivity contribution in [2.24, 2.45) is 0 Å². The normalized spacial score (nSPS) is 16.6. The fraction of sp³-hybridized carbons (Fsp3) is 0.462. The van der Waals surface area contributed by atoms with E-state index in [0.29, 0.717) is 0 Å². The zero-order valence-corrected chi connectivity index (χ0v) is 9.66. The Morgan fingerprint density at radius 2 is 2.19 bits per heavy atom. The molecule has 0 amide bonds. The van der Waals surface area contributed by atoms with Crippen molar-refractivity contribution in [1.29, 1.82) is 5.26 Å². The highest BCUT2D eigenvalue weighted by Crippen LogP contribution is 2.22. The molecule has 1 fully saturated rings. The molecule has 0 saturated carbocycles. The molecule has 0 aliphatic carbocycles. The Bertz CT molecular complexity index is 398. The van der Waals surface area contributed by atoms with E-state index in [1.54, 1.807) is 0 Å². The van der Waals surface area contributed by atoms with E-state index in [-0.39, 0.29) is 0 Å². The van der Waals surface area contributed by atoms with Gasteiger partial charge in [-0.2, -0.15) is 5.26 Å². The van der Waals surface area contributed by atoms with Crippen molar-refractivity contribution in [2.75, 3.05) is 31.1 Å². The first-order valence-electron chi connectivity index (χ1n) is 5.77. The Morgan fingerprint density at radius 1 is 1.31 bits per heavy atom. The number of rotatable bonds is 1. The summed E-state index contributed by atoms with van der Waals surface area (Å²) >= 11 is 0. The molecule has 3 heteroatoms.